The van der Waals surface area contributed by atoms with Crippen molar-refractivity contribution in [2.45, 2.75) is 32.7 Å². The molecule has 1 aliphatic rings. The first kappa shape index (κ1) is 9.52. The van der Waals surface area contributed by atoms with Crippen LogP contribution in [0.1, 0.15) is 26.7 Å². The Bertz CT molecular complexity index is 159. The van der Waals surface area contributed by atoms with Crippen molar-refractivity contribution in [1.82, 2.24) is 10.2 Å². The zero-order valence-electron chi connectivity index (χ0n) is 7.97. The molecule has 70 valence electrons. The van der Waals surface area contributed by atoms with Crippen LogP contribution in [0, 0.1) is 0 Å². The van der Waals surface area contributed by atoms with Gasteiger partial charge in [-0.25, -0.2) is 0 Å². The lowest BCUT2D eigenvalue weighted by atomic mass is 10.2. The molecule has 3 heteroatoms. The summed E-state index contributed by atoms with van der Waals surface area (Å²) in [5, 5.41) is 3.36. The molecule has 1 saturated heterocycles. The van der Waals surface area contributed by atoms with Crippen LogP contribution in [0.25, 0.3) is 0 Å². The molecule has 0 bridgehead atoms. The standard InChI is InChI=1S/C9H18N2O/c1-3-9(12)11-6-4-8(2)10-5-7-11/h8,10H,3-7H2,1-2H3. The Morgan fingerprint density at radius 1 is 1.58 bits per heavy atom. The summed E-state index contributed by atoms with van der Waals surface area (Å²) in [6, 6.07) is 0.555. The summed E-state index contributed by atoms with van der Waals surface area (Å²) in [5.74, 6) is 0.283. The smallest absolute Gasteiger partial charge is 0.222 e. The van der Waals surface area contributed by atoms with Gasteiger partial charge in [-0.2, -0.15) is 0 Å². The third-order valence-electron chi connectivity index (χ3n) is 2.36. The summed E-state index contributed by atoms with van der Waals surface area (Å²) in [6.07, 6.45) is 1.71. The van der Waals surface area contributed by atoms with Crippen LogP contribution in [0.5, 0.6) is 0 Å². The molecule has 12 heavy (non-hydrogen) atoms. The maximum atomic E-state index is 11.3. The van der Waals surface area contributed by atoms with Gasteiger partial charge in [0.1, 0.15) is 0 Å². The quantitative estimate of drug-likeness (QED) is 0.625. The van der Waals surface area contributed by atoms with Gasteiger partial charge >= 0.3 is 0 Å². The van der Waals surface area contributed by atoms with E-state index >= 15 is 0 Å². The lowest BCUT2D eigenvalue weighted by Gasteiger charge is -2.18. The van der Waals surface area contributed by atoms with Gasteiger partial charge < -0.3 is 10.2 Å². The molecule has 0 radical (unpaired) electrons. The van der Waals surface area contributed by atoms with Gasteiger partial charge in [-0.1, -0.05) is 6.92 Å². The van der Waals surface area contributed by atoms with Gasteiger partial charge in [0.2, 0.25) is 5.91 Å². The summed E-state index contributed by atoms with van der Waals surface area (Å²) >= 11 is 0. The van der Waals surface area contributed by atoms with Gasteiger partial charge in [0.25, 0.3) is 0 Å². The lowest BCUT2D eigenvalue weighted by molar-refractivity contribution is -0.130. The van der Waals surface area contributed by atoms with Crippen molar-refractivity contribution in [3.05, 3.63) is 0 Å². The molecule has 1 amide bonds. The van der Waals surface area contributed by atoms with Crippen LogP contribution in [-0.4, -0.2) is 36.5 Å². The average molecular weight is 170 g/mol. The fourth-order valence-electron chi connectivity index (χ4n) is 1.48. The van der Waals surface area contributed by atoms with Crippen molar-refractivity contribution in [1.29, 1.82) is 0 Å². The molecule has 1 atom stereocenters. The number of carbonyl (C=O) groups is 1. The molecule has 1 N–H and O–H groups in total. The fraction of sp³-hybridized carbons (Fsp3) is 0.889. The molecular formula is C9H18N2O. The van der Waals surface area contributed by atoms with E-state index in [2.05, 4.69) is 12.2 Å². The summed E-state index contributed by atoms with van der Waals surface area (Å²) < 4.78 is 0. The van der Waals surface area contributed by atoms with Crippen molar-refractivity contribution in [3.63, 3.8) is 0 Å². The molecule has 0 aromatic heterocycles. The fourth-order valence-corrected chi connectivity index (χ4v) is 1.48. The van der Waals surface area contributed by atoms with Crippen molar-refractivity contribution >= 4 is 5.91 Å². The van der Waals surface area contributed by atoms with Crippen LogP contribution in [-0.2, 0) is 4.79 Å². The highest BCUT2D eigenvalue weighted by Gasteiger charge is 2.15. The number of hydrogen-bond donors (Lipinski definition) is 1. The molecule has 0 aromatic rings. The molecule has 1 rings (SSSR count). The summed E-state index contributed by atoms with van der Waals surface area (Å²) in [7, 11) is 0. The highest BCUT2D eigenvalue weighted by Crippen LogP contribution is 2.02. The minimum absolute atomic E-state index is 0.283. The maximum absolute atomic E-state index is 11.3. The van der Waals surface area contributed by atoms with Crippen LogP contribution in [0.4, 0.5) is 0 Å². The minimum Gasteiger partial charge on any atom is -0.341 e. The summed E-state index contributed by atoms with van der Waals surface area (Å²) in [5.41, 5.74) is 0. The normalized spacial score (nSPS) is 25.2. The van der Waals surface area contributed by atoms with Gasteiger partial charge in [0, 0.05) is 32.1 Å². The highest BCUT2D eigenvalue weighted by molar-refractivity contribution is 5.75. The monoisotopic (exact) mass is 170 g/mol. The Hall–Kier alpha value is -0.570. The Balaban J connectivity index is 2.40. The van der Waals surface area contributed by atoms with Crippen LogP contribution in [0.3, 0.4) is 0 Å². The Morgan fingerprint density at radius 3 is 3.00 bits per heavy atom. The van der Waals surface area contributed by atoms with E-state index in [1.807, 2.05) is 11.8 Å². The van der Waals surface area contributed by atoms with Crippen molar-refractivity contribution in [2.75, 3.05) is 19.6 Å². The number of hydrogen-bond acceptors (Lipinski definition) is 2. The Labute approximate surface area is 74.1 Å². The van der Waals surface area contributed by atoms with E-state index in [9.17, 15) is 4.79 Å². The van der Waals surface area contributed by atoms with Crippen LogP contribution in [0.2, 0.25) is 0 Å². The van der Waals surface area contributed by atoms with Crippen molar-refractivity contribution < 1.29 is 4.79 Å². The first-order valence-electron chi connectivity index (χ1n) is 4.75. The number of carbonyl (C=O) groups excluding carboxylic acids is 1. The maximum Gasteiger partial charge on any atom is 0.222 e. The molecule has 3 nitrogen and oxygen atoms in total. The van der Waals surface area contributed by atoms with E-state index in [0.29, 0.717) is 12.5 Å². The minimum atomic E-state index is 0.283. The zero-order chi connectivity index (χ0) is 8.97. The molecule has 0 spiro atoms. The zero-order valence-corrected chi connectivity index (χ0v) is 7.97. The molecule has 1 heterocycles. The third kappa shape index (κ3) is 2.48. The molecule has 1 unspecified atom stereocenters. The average Bonchev–Trinajstić information content (AvgIpc) is 2.29. The number of nitrogens with one attached hydrogen (secondary N) is 1. The Morgan fingerprint density at radius 2 is 2.33 bits per heavy atom. The molecule has 1 fully saturated rings. The van der Waals surface area contributed by atoms with Crippen molar-refractivity contribution in [3.8, 4) is 0 Å². The SMILES string of the molecule is CCC(=O)N1CCNC(C)CC1. The lowest BCUT2D eigenvalue weighted by Crippen LogP contribution is -2.33. The molecule has 0 aliphatic carbocycles. The summed E-state index contributed by atoms with van der Waals surface area (Å²) in [4.78, 5) is 13.3. The van der Waals surface area contributed by atoms with Gasteiger partial charge in [0.05, 0.1) is 0 Å². The topological polar surface area (TPSA) is 32.3 Å². The van der Waals surface area contributed by atoms with E-state index < -0.39 is 0 Å². The number of rotatable bonds is 1. The molecule has 1 aliphatic heterocycles. The third-order valence-corrected chi connectivity index (χ3v) is 2.36. The second kappa shape index (κ2) is 4.45. The Kier molecular flexibility index (Phi) is 3.53. The number of amides is 1. The predicted octanol–water partition coefficient (Wildman–Crippen LogP) is 0.607. The van der Waals surface area contributed by atoms with E-state index in [1.54, 1.807) is 0 Å². The predicted molar refractivity (Wildman–Crippen MR) is 49.0 cm³/mol. The molecular weight excluding hydrogens is 152 g/mol. The largest absolute Gasteiger partial charge is 0.341 e. The van der Waals surface area contributed by atoms with Crippen LogP contribution >= 0.6 is 0 Å². The van der Waals surface area contributed by atoms with Gasteiger partial charge in [-0.3, -0.25) is 4.79 Å². The van der Waals surface area contributed by atoms with E-state index in [0.717, 1.165) is 26.1 Å². The first-order valence-corrected chi connectivity index (χ1v) is 4.75. The second-order valence-electron chi connectivity index (χ2n) is 3.38. The molecule has 0 saturated carbocycles. The second-order valence-corrected chi connectivity index (χ2v) is 3.38. The van der Waals surface area contributed by atoms with Crippen molar-refractivity contribution in [2.24, 2.45) is 0 Å². The van der Waals surface area contributed by atoms with E-state index in [1.165, 1.54) is 0 Å². The number of nitrogens with zero attached hydrogens (tertiary/aromatic N) is 1. The van der Waals surface area contributed by atoms with Crippen LogP contribution < -0.4 is 5.32 Å². The summed E-state index contributed by atoms with van der Waals surface area (Å²) in [6.45, 7) is 6.81. The highest BCUT2D eigenvalue weighted by atomic mass is 16.2. The van der Waals surface area contributed by atoms with Gasteiger partial charge in [0.15, 0.2) is 0 Å². The van der Waals surface area contributed by atoms with Gasteiger partial charge in [-0.15, -0.1) is 0 Å². The molecule has 0 aromatic carbocycles. The van der Waals surface area contributed by atoms with Crippen LogP contribution in [0.15, 0.2) is 0 Å². The first-order chi connectivity index (χ1) is 5.74. The van der Waals surface area contributed by atoms with E-state index in [-0.39, 0.29) is 5.91 Å². The van der Waals surface area contributed by atoms with Gasteiger partial charge in [-0.05, 0) is 13.3 Å². The van der Waals surface area contributed by atoms with E-state index in [4.69, 9.17) is 0 Å².